The zero-order valence-electron chi connectivity index (χ0n) is 12.3. The van der Waals surface area contributed by atoms with E-state index in [9.17, 15) is 9.59 Å². The highest BCUT2D eigenvalue weighted by atomic mass is 16.2. The third-order valence-corrected chi connectivity index (χ3v) is 3.43. The number of hydrogen-bond acceptors (Lipinski definition) is 4. The number of hydrogen-bond donors (Lipinski definition) is 2. The molecule has 6 nitrogen and oxygen atoms in total. The molecule has 0 unspecified atom stereocenters. The third-order valence-electron chi connectivity index (χ3n) is 3.43. The average molecular weight is 290 g/mol. The maximum atomic E-state index is 12.1. The van der Waals surface area contributed by atoms with Gasteiger partial charge in [0.05, 0.1) is 13.1 Å². The molecule has 1 fully saturated rings. The van der Waals surface area contributed by atoms with Gasteiger partial charge in [-0.2, -0.15) is 0 Å². The molecule has 0 radical (unpaired) electrons. The quantitative estimate of drug-likeness (QED) is 0.800. The first-order chi connectivity index (χ1) is 10.1. The molecule has 1 aromatic carbocycles. The first kappa shape index (κ1) is 15.5. The van der Waals surface area contributed by atoms with Crippen LogP contribution in [0.25, 0.3) is 0 Å². The molecule has 0 saturated carbocycles. The molecule has 1 aliphatic heterocycles. The van der Waals surface area contributed by atoms with Crippen molar-refractivity contribution < 1.29 is 9.59 Å². The second kappa shape index (κ2) is 7.75. The highest BCUT2D eigenvalue weighted by Gasteiger charge is 2.18. The Balaban J connectivity index is 1.75. The molecule has 114 valence electrons. The zero-order valence-corrected chi connectivity index (χ0v) is 12.3. The van der Waals surface area contributed by atoms with Crippen molar-refractivity contribution in [1.29, 1.82) is 0 Å². The molecule has 1 saturated heterocycles. The van der Waals surface area contributed by atoms with E-state index in [4.69, 9.17) is 0 Å². The molecule has 1 aromatic rings. The summed E-state index contributed by atoms with van der Waals surface area (Å²) in [7, 11) is 1.66. The molecule has 21 heavy (non-hydrogen) atoms. The van der Waals surface area contributed by atoms with E-state index in [1.165, 1.54) is 4.90 Å². The highest BCUT2D eigenvalue weighted by Crippen LogP contribution is 2.04. The van der Waals surface area contributed by atoms with Gasteiger partial charge < -0.3 is 15.5 Å². The number of nitrogens with one attached hydrogen (secondary N) is 2. The van der Waals surface area contributed by atoms with Gasteiger partial charge >= 0.3 is 0 Å². The smallest absolute Gasteiger partial charge is 0.243 e. The number of carbonyl (C=O) groups is 2. The van der Waals surface area contributed by atoms with E-state index in [1.807, 2.05) is 30.3 Å². The minimum Gasteiger partial charge on any atom is -0.335 e. The lowest BCUT2D eigenvalue weighted by molar-refractivity contribution is -0.134. The molecule has 2 amide bonds. The van der Waals surface area contributed by atoms with Gasteiger partial charge in [-0.25, -0.2) is 0 Å². The summed E-state index contributed by atoms with van der Waals surface area (Å²) in [6.07, 6.45) is 0. The summed E-state index contributed by atoms with van der Waals surface area (Å²) >= 11 is 0. The number of likely N-dealkylation sites (N-methyl/N-ethyl adjacent to an activating group) is 1. The maximum Gasteiger partial charge on any atom is 0.243 e. The minimum absolute atomic E-state index is 0.0277. The van der Waals surface area contributed by atoms with Gasteiger partial charge in [-0.3, -0.25) is 14.5 Å². The molecule has 0 aliphatic carbocycles. The highest BCUT2D eigenvalue weighted by molar-refractivity contribution is 5.94. The van der Waals surface area contributed by atoms with Crippen molar-refractivity contribution in [3.63, 3.8) is 0 Å². The summed E-state index contributed by atoms with van der Waals surface area (Å²) in [4.78, 5) is 27.5. The van der Waals surface area contributed by atoms with E-state index in [0.717, 1.165) is 31.9 Å². The maximum absolute atomic E-state index is 12.1. The summed E-state index contributed by atoms with van der Waals surface area (Å²) in [5.74, 6) is -0.211. The number of piperazine rings is 1. The zero-order chi connectivity index (χ0) is 15.1. The fourth-order valence-electron chi connectivity index (χ4n) is 2.21. The number of rotatable bonds is 5. The predicted molar refractivity (Wildman–Crippen MR) is 82.0 cm³/mol. The van der Waals surface area contributed by atoms with E-state index in [0.29, 0.717) is 6.54 Å². The Morgan fingerprint density at radius 2 is 1.90 bits per heavy atom. The van der Waals surface area contributed by atoms with Gasteiger partial charge in [-0.1, -0.05) is 18.2 Å². The largest absolute Gasteiger partial charge is 0.335 e. The van der Waals surface area contributed by atoms with Crippen LogP contribution in [0.3, 0.4) is 0 Å². The molecular weight excluding hydrogens is 268 g/mol. The number of benzene rings is 1. The monoisotopic (exact) mass is 290 g/mol. The Labute approximate surface area is 125 Å². The van der Waals surface area contributed by atoms with Gasteiger partial charge in [0.2, 0.25) is 11.8 Å². The minimum atomic E-state index is -0.183. The van der Waals surface area contributed by atoms with Gasteiger partial charge in [0.1, 0.15) is 0 Å². The van der Waals surface area contributed by atoms with Crippen molar-refractivity contribution in [2.24, 2.45) is 0 Å². The number of para-hydroxylation sites is 1. The molecule has 0 spiro atoms. The van der Waals surface area contributed by atoms with Crippen LogP contribution in [0.4, 0.5) is 5.69 Å². The van der Waals surface area contributed by atoms with Gasteiger partial charge in [0.15, 0.2) is 0 Å². The molecule has 0 aromatic heterocycles. The summed E-state index contributed by atoms with van der Waals surface area (Å²) in [5, 5.41) is 6.02. The fourth-order valence-corrected chi connectivity index (χ4v) is 2.21. The van der Waals surface area contributed by atoms with E-state index < -0.39 is 0 Å². The van der Waals surface area contributed by atoms with Crippen LogP contribution in [-0.2, 0) is 9.59 Å². The number of anilines is 1. The second-order valence-corrected chi connectivity index (χ2v) is 5.19. The third kappa shape index (κ3) is 5.17. The molecule has 6 heteroatoms. The first-order valence-electron chi connectivity index (χ1n) is 7.17. The standard InChI is InChI=1S/C15H22N4O2/c1-18(15(21)12-19-9-7-16-8-10-19)11-14(20)17-13-5-3-2-4-6-13/h2-6,16H,7-12H2,1H3,(H,17,20). The Morgan fingerprint density at radius 1 is 1.24 bits per heavy atom. The van der Waals surface area contributed by atoms with Crippen molar-refractivity contribution in [3.05, 3.63) is 30.3 Å². The lowest BCUT2D eigenvalue weighted by Gasteiger charge is -2.28. The number of amides is 2. The van der Waals surface area contributed by atoms with Crippen molar-refractivity contribution in [1.82, 2.24) is 15.1 Å². The topological polar surface area (TPSA) is 64.7 Å². The fraction of sp³-hybridized carbons (Fsp3) is 0.467. The van der Waals surface area contributed by atoms with Crippen LogP contribution >= 0.6 is 0 Å². The van der Waals surface area contributed by atoms with E-state index in [-0.39, 0.29) is 18.4 Å². The van der Waals surface area contributed by atoms with Crippen LogP contribution in [0.15, 0.2) is 30.3 Å². The SMILES string of the molecule is CN(CC(=O)Nc1ccccc1)C(=O)CN1CCNCC1. The summed E-state index contributed by atoms with van der Waals surface area (Å²) in [6, 6.07) is 9.24. The van der Waals surface area contributed by atoms with Crippen molar-refractivity contribution >= 4 is 17.5 Å². The summed E-state index contributed by atoms with van der Waals surface area (Å²) < 4.78 is 0. The van der Waals surface area contributed by atoms with Crippen LogP contribution in [0.2, 0.25) is 0 Å². The normalized spacial score (nSPS) is 15.5. The van der Waals surface area contributed by atoms with Crippen molar-refractivity contribution in [3.8, 4) is 0 Å². The second-order valence-electron chi connectivity index (χ2n) is 5.19. The molecule has 0 atom stereocenters. The summed E-state index contributed by atoms with van der Waals surface area (Å²) in [6.45, 7) is 4.00. The molecule has 2 N–H and O–H groups in total. The van der Waals surface area contributed by atoms with Gasteiger partial charge in [0.25, 0.3) is 0 Å². The number of nitrogens with zero attached hydrogens (tertiary/aromatic N) is 2. The van der Waals surface area contributed by atoms with Crippen LogP contribution in [0, 0.1) is 0 Å². The molecule has 1 heterocycles. The Bertz CT molecular complexity index is 472. The van der Waals surface area contributed by atoms with Crippen LogP contribution < -0.4 is 10.6 Å². The van der Waals surface area contributed by atoms with Gasteiger partial charge in [-0.15, -0.1) is 0 Å². The first-order valence-corrected chi connectivity index (χ1v) is 7.17. The van der Waals surface area contributed by atoms with Crippen LogP contribution in [0.1, 0.15) is 0 Å². The van der Waals surface area contributed by atoms with Gasteiger partial charge in [0, 0.05) is 38.9 Å². The molecule has 1 aliphatic rings. The van der Waals surface area contributed by atoms with Crippen molar-refractivity contribution in [2.75, 3.05) is 51.6 Å². The molecule has 2 rings (SSSR count). The Hall–Kier alpha value is -1.92. The predicted octanol–water partition coefficient (Wildman–Crippen LogP) is -0.0113. The molecule has 0 bridgehead atoms. The summed E-state index contributed by atoms with van der Waals surface area (Å²) in [5.41, 5.74) is 0.741. The average Bonchev–Trinajstić information content (AvgIpc) is 2.49. The molecular formula is C15H22N4O2. The van der Waals surface area contributed by atoms with Crippen LogP contribution in [0.5, 0.6) is 0 Å². The Morgan fingerprint density at radius 3 is 2.57 bits per heavy atom. The van der Waals surface area contributed by atoms with E-state index >= 15 is 0 Å². The lowest BCUT2D eigenvalue weighted by Crippen LogP contribution is -2.48. The Kier molecular flexibility index (Phi) is 5.71. The van der Waals surface area contributed by atoms with E-state index in [2.05, 4.69) is 15.5 Å². The van der Waals surface area contributed by atoms with E-state index in [1.54, 1.807) is 7.05 Å². The lowest BCUT2D eigenvalue weighted by atomic mass is 10.3. The van der Waals surface area contributed by atoms with Crippen LogP contribution in [-0.4, -0.2) is 67.9 Å². The van der Waals surface area contributed by atoms with Gasteiger partial charge in [-0.05, 0) is 12.1 Å². The van der Waals surface area contributed by atoms with Crippen molar-refractivity contribution in [2.45, 2.75) is 0 Å². The number of carbonyl (C=O) groups excluding carboxylic acids is 2.